The molecule has 1 amide bonds. The van der Waals surface area contributed by atoms with E-state index in [4.69, 9.17) is 23.2 Å². The van der Waals surface area contributed by atoms with Crippen molar-refractivity contribution in [1.82, 2.24) is 25.3 Å². The first-order valence-corrected chi connectivity index (χ1v) is 8.40. The van der Waals surface area contributed by atoms with Gasteiger partial charge in [0.1, 0.15) is 5.69 Å². The minimum Gasteiger partial charge on any atom is -0.347 e. The SMILES string of the molecule is Cc1nn(C)c(C)c1CNC(=O)c1cc(-c2ccc(Cl)cc2Cl)n[nH]1. The highest BCUT2D eigenvalue weighted by Gasteiger charge is 2.15. The molecule has 8 heteroatoms. The number of amides is 1. The predicted molar refractivity (Wildman–Crippen MR) is 97.9 cm³/mol. The van der Waals surface area contributed by atoms with E-state index in [0.29, 0.717) is 33.5 Å². The molecule has 0 bridgehead atoms. The first-order valence-electron chi connectivity index (χ1n) is 7.65. The van der Waals surface area contributed by atoms with E-state index in [1.165, 1.54) is 0 Å². The molecular weight excluding hydrogens is 361 g/mol. The Morgan fingerprint density at radius 1 is 1.28 bits per heavy atom. The van der Waals surface area contributed by atoms with Crippen LogP contribution in [0.15, 0.2) is 24.3 Å². The van der Waals surface area contributed by atoms with Crippen molar-refractivity contribution in [1.29, 1.82) is 0 Å². The number of aromatic nitrogens is 4. The number of rotatable bonds is 4. The summed E-state index contributed by atoms with van der Waals surface area (Å²) in [4.78, 5) is 12.4. The van der Waals surface area contributed by atoms with Crippen LogP contribution >= 0.6 is 23.2 Å². The third-order valence-corrected chi connectivity index (χ3v) is 4.66. The zero-order valence-electron chi connectivity index (χ0n) is 14.0. The lowest BCUT2D eigenvalue weighted by Crippen LogP contribution is -2.23. The van der Waals surface area contributed by atoms with Crippen LogP contribution in [0.25, 0.3) is 11.3 Å². The molecule has 2 aromatic heterocycles. The van der Waals surface area contributed by atoms with Gasteiger partial charge in [0.25, 0.3) is 5.91 Å². The monoisotopic (exact) mass is 377 g/mol. The lowest BCUT2D eigenvalue weighted by Gasteiger charge is -2.04. The summed E-state index contributed by atoms with van der Waals surface area (Å²) in [6, 6.07) is 6.80. The van der Waals surface area contributed by atoms with Gasteiger partial charge in [0, 0.05) is 35.4 Å². The van der Waals surface area contributed by atoms with E-state index in [-0.39, 0.29) is 5.91 Å². The average molecular weight is 378 g/mol. The number of aryl methyl sites for hydroxylation is 2. The number of H-pyrrole nitrogens is 1. The van der Waals surface area contributed by atoms with Crippen LogP contribution in [0.3, 0.4) is 0 Å². The summed E-state index contributed by atoms with van der Waals surface area (Å²) >= 11 is 12.1. The number of carbonyl (C=O) groups excluding carboxylic acids is 1. The molecule has 0 atom stereocenters. The topological polar surface area (TPSA) is 75.6 Å². The fourth-order valence-electron chi connectivity index (χ4n) is 2.61. The first kappa shape index (κ1) is 17.5. The number of nitrogens with zero attached hydrogens (tertiary/aromatic N) is 3. The Balaban J connectivity index is 1.74. The van der Waals surface area contributed by atoms with Crippen LogP contribution in [0.5, 0.6) is 0 Å². The molecule has 2 N–H and O–H groups in total. The minimum atomic E-state index is -0.244. The molecule has 0 aliphatic rings. The van der Waals surface area contributed by atoms with E-state index in [0.717, 1.165) is 17.0 Å². The molecule has 0 fully saturated rings. The standard InChI is InChI=1S/C17H17Cl2N5O/c1-9-13(10(2)24(3)23-9)8-20-17(25)16-7-15(21-22-16)12-5-4-11(18)6-14(12)19/h4-7H,8H2,1-3H3,(H,20,25)(H,21,22). The third kappa shape index (κ3) is 3.55. The molecule has 3 rings (SSSR count). The maximum absolute atomic E-state index is 12.4. The highest BCUT2D eigenvalue weighted by Crippen LogP contribution is 2.29. The number of halogens is 2. The maximum atomic E-state index is 12.4. The number of nitrogens with one attached hydrogen (secondary N) is 2. The Morgan fingerprint density at radius 2 is 2.04 bits per heavy atom. The molecule has 0 saturated heterocycles. The van der Waals surface area contributed by atoms with Crippen LogP contribution in [-0.2, 0) is 13.6 Å². The van der Waals surface area contributed by atoms with Crippen molar-refractivity contribution >= 4 is 29.1 Å². The second-order valence-corrected chi connectivity index (χ2v) is 6.59. The fraction of sp³-hybridized carbons (Fsp3) is 0.235. The average Bonchev–Trinajstić information content (AvgIpc) is 3.12. The molecule has 0 spiro atoms. The lowest BCUT2D eigenvalue weighted by molar-refractivity contribution is 0.0946. The fourth-order valence-corrected chi connectivity index (χ4v) is 3.12. The molecule has 130 valence electrons. The first-order chi connectivity index (χ1) is 11.9. The molecule has 6 nitrogen and oxygen atoms in total. The molecular formula is C17H17Cl2N5O. The van der Waals surface area contributed by atoms with Gasteiger partial charge in [0.2, 0.25) is 0 Å². The Hall–Kier alpha value is -2.31. The van der Waals surface area contributed by atoms with Gasteiger partial charge in [-0.05, 0) is 38.1 Å². The highest BCUT2D eigenvalue weighted by atomic mass is 35.5. The Bertz CT molecular complexity index is 945. The second kappa shape index (κ2) is 6.90. The van der Waals surface area contributed by atoms with Crippen LogP contribution in [0.4, 0.5) is 0 Å². The summed E-state index contributed by atoms with van der Waals surface area (Å²) < 4.78 is 1.80. The van der Waals surface area contributed by atoms with E-state index in [1.54, 1.807) is 28.9 Å². The number of carbonyl (C=O) groups is 1. The minimum absolute atomic E-state index is 0.244. The van der Waals surface area contributed by atoms with E-state index < -0.39 is 0 Å². The third-order valence-electron chi connectivity index (χ3n) is 4.11. The number of hydrogen-bond acceptors (Lipinski definition) is 3. The van der Waals surface area contributed by atoms with Crippen molar-refractivity contribution < 1.29 is 4.79 Å². The van der Waals surface area contributed by atoms with E-state index in [2.05, 4.69) is 20.6 Å². The summed E-state index contributed by atoms with van der Waals surface area (Å²) in [6.45, 7) is 4.30. The van der Waals surface area contributed by atoms with Gasteiger partial charge in [-0.15, -0.1) is 0 Å². The van der Waals surface area contributed by atoms with Gasteiger partial charge in [0.15, 0.2) is 0 Å². The quantitative estimate of drug-likeness (QED) is 0.728. The molecule has 3 aromatic rings. The Morgan fingerprint density at radius 3 is 2.68 bits per heavy atom. The molecule has 1 aromatic carbocycles. The molecule has 0 radical (unpaired) electrons. The smallest absolute Gasteiger partial charge is 0.269 e. The Labute approximate surface area is 155 Å². The summed E-state index contributed by atoms with van der Waals surface area (Å²) in [5.74, 6) is -0.244. The predicted octanol–water partition coefficient (Wildman–Crippen LogP) is 3.66. The van der Waals surface area contributed by atoms with Crippen molar-refractivity contribution in [3.05, 3.63) is 57.0 Å². The highest BCUT2D eigenvalue weighted by molar-refractivity contribution is 6.36. The van der Waals surface area contributed by atoms with Crippen molar-refractivity contribution in [2.45, 2.75) is 20.4 Å². The zero-order valence-corrected chi connectivity index (χ0v) is 15.5. The number of hydrogen-bond donors (Lipinski definition) is 2. The van der Waals surface area contributed by atoms with Crippen LogP contribution in [0, 0.1) is 13.8 Å². The van der Waals surface area contributed by atoms with Gasteiger partial charge in [-0.2, -0.15) is 10.2 Å². The molecule has 0 unspecified atom stereocenters. The van der Waals surface area contributed by atoms with Crippen molar-refractivity contribution in [2.75, 3.05) is 0 Å². The summed E-state index contributed by atoms with van der Waals surface area (Å²) in [5, 5.41) is 15.2. The number of aromatic amines is 1. The van der Waals surface area contributed by atoms with Gasteiger partial charge in [-0.1, -0.05) is 23.2 Å². The zero-order chi connectivity index (χ0) is 18.1. The molecule has 25 heavy (non-hydrogen) atoms. The van der Waals surface area contributed by atoms with Crippen molar-refractivity contribution in [2.24, 2.45) is 7.05 Å². The Kier molecular flexibility index (Phi) is 4.83. The van der Waals surface area contributed by atoms with E-state index >= 15 is 0 Å². The molecule has 0 saturated carbocycles. The van der Waals surface area contributed by atoms with Gasteiger partial charge < -0.3 is 5.32 Å². The van der Waals surface area contributed by atoms with Gasteiger partial charge >= 0.3 is 0 Å². The number of benzene rings is 1. The van der Waals surface area contributed by atoms with Crippen LogP contribution in [0.1, 0.15) is 27.4 Å². The van der Waals surface area contributed by atoms with E-state index in [1.807, 2.05) is 20.9 Å². The second-order valence-electron chi connectivity index (χ2n) is 5.75. The van der Waals surface area contributed by atoms with Crippen LogP contribution < -0.4 is 5.32 Å². The largest absolute Gasteiger partial charge is 0.347 e. The van der Waals surface area contributed by atoms with Gasteiger partial charge in [-0.25, -0.2) is 0 Å². The molecule has 0 aliphatic heterocycles. The van der Waals surface area contributed by atoms with Crippen molar-refractivity contribution in [3.63, 3.8) is 0 Å². The van der Waals surface area contributed by atoms with Crippen LogP contribution in [-0.4, -0.2) is 25.9 Å². The molecule has 0 aliphatic carbocycles. The van der Waals surface area contributed by atoms with Crippen molar-refractivity contribution in [3.8, 4) is 11.3 Å². The van der Waals surface area contributed by atoms with Gasteiger partial charge in [0.05, 0.1) is 16.4 Å². The lowest BCUT2D eigenvalue weighted by atomic mass is 10.1. The summed E-state index contributed by atoms with van der Waals surface area (Å²) in [7, 11) is 1.88. The maximum Gasteiger partial charge on any atom is 0.269 e. The van der Waals surface area contributed by atoms with Crippen LogP contribution in [0.2, 0.25) is 10.0 Å². The normalized spacial score (nSPS) is 10.9. The summed E-state index contributed by atoms with van der Waals surface area (Å²) in [6.07, 6.45) is 0. The summed E-state index contributed by atoms with van der Waals surface area (Å²) in [5.41, 5.74) is 4.59. The van der Waals surface area contributed by atoms with E-state index in [9.17, 15) is 4.79 Å². The molecule has 2 heterocycles. The van der Waals surface area contributed by atoms with Gasteiger partial charge in [-0.3, -0.25) is 14.6 Å².